The molecule has 0 saturated heterocycles. The molecule has 0 atom stereocenters. The minimum atomic E-state index is -0.503. The smallest absolute Gasteiger partial charge is 0.337 e. The number of nitrogens with zero attached hydrogens (tertiary/aromatic N) is 1. The highest BCUT2D eigenvalue weighted by Crippen LogP contribution is 2.25. The van der Waals surface area contributed by atoms with Crippen molar-refractivity contribution >= 4 is 40.1 Å². The molecule has 2 aromatic carbocycles. The SMILES string of the molecule is COC(=O)c1ccc(Cl)c(NC(=O)c2ccnc3ccccc23)c1. The molecule has 1 N–H and O–H groups in total. The van der Waals surface area contributed by atoms with Crippen LogP contribution in [0.4, 0.5) is 5.69 Å². The molecule has 5 nitrogen and oxygen atoms in total. The number of nitrogens with one attached hydrogen (secondary N) is 1. The number of carbonyl (C=O) groups excluding carboxylic acids is 2. The Labute approximate surface area is 143 Å². The number of benzene rings is 2. The van der Waals surface area contributed by atoms with Crippen molar-refractivity contribution in [2.24, 2.45) is 0 Å². The maximum atomic E-state index is 12.6. The van der Waals surface area contributed by atoms with E-state index in [0.717, 1.165) is 10.9 Å². The molecule has 0 fully saturated rings. The molecule has 1 heterocycles. The summed E-state index contributed by atoms with van der Waals surface area (Å²) < 4.78 is 4.68. The number of anilines is 1. The molecule has 24 heavy (non-hydrogen) atoms. The minimum Gasteiger partial charge on any atom is -0.465 e. The first-order valence-electron chi connectivity index (χ1n) is 7.13. The largest absolute Gasteiger partial charge is 0.465 e. The number of aromatic nitrogens is 1. The number of halogens is 1. The monoisotopic (exact) mass is 340 g/mol. The van der Waals surface area contributed by atoms with Gasteiger partial charge < -0.3 is 10.1 Å². The minimum absolute atomic E-state index is 0.303. The topological polar surface area (TPSA) is 68.3 Å². The fraction of sp³-hybridized carbons (Fsp3) is 0.0556. The molecule has 3 aromatic rings. The van der Waals surface area contributed by atoms with E-state index in [1.54, 1.807) is 12.3 Å². The molecule has 0 radical (unpaired) electrons. The molecule has 0 unspecified atom stereocenters. The van der Waals surface area contributed by atoms with E-state index in [1.165, 1.54) is 25.3 Å². The second kappa shape index (κ2) is 6.68. The first kappa shape index (κ1) is 16.0. The van der Waals surface area contributed by atoms with E-state index in [9.17, 15) is 9.59 Å². The highest BCUT2D eigenvalue weighted by molar-refractivity contribution is 6.34. The van der Waals surface area contributed by atoms with Gasteiger partial charge >= 0.3 is 5.97 Å². The number of amides is 1. The number of methoxy groups -OCH3 is 1. The van der Waals surface area contributed by atoms with Crippen LogP contribution in [-0.2, 0) is 4.74 Å². The first-order chi connectivity index (χ1) is 11.6. The predicted molar refractivity (Wildman–Crippen MR) is 92.5 cm³/mol. The lowest BCUT2D eigenvalue weighted by atomic mass is 10.1. The van der Waals surface area contributed by atoms with Gasteiger partial charge in [0.2, 0.25) is 0 Å². The predicted octanol–water partition coefficient (Wildman–Crippen LogP) is 3.93. The summed E-state index contributed by atoms with van der Waals surface area (Å²) in [6, 6.07) is 13.5. The van der Waals surface area contributed by atoms with Crippen molar-refractivity contribution in [3.8, 4) is 0 Å². The Balaban J connectivity index is 1.96. The molecule has 0 bridgehead atoms. The van der Waals surface area contributed by atoms with Crippen LogP contribution in [0.2, 0.25) is 5.02 Å². The number of rotatable bonds is 3. The van der Waals surface area contributed by atoms with Gasteiger partial charge in [0, 0.05) is 11.6 Å². The van der Waals surface area contributed by atoms with Gasteiger partial charge in [0.15, 0.2) is 0 Å². The quantitative estimate of drug-likeness (QED) is 0.733. The molecule has 3 rings (SSSR count). The van der Waals surface area contributed by atoms with Crippen LogP contribution in [0.1, 0.15) is 20.7 Å². The van der Waals surface area contributed by atoms with Crippen molar-refractivity contribution in [1.82, 2.24) is 4.98 Å². The normalized spacial score (nSPS) is 10.4. The summed E-state index contributed by atoms with van der Waals surface area (Å²) in [7, 11) is 1.29. The van der Waals surface area contributed by atoms with Gasteiger partial charge in [0.05, 0.1) is 34.5 Å². The molecule has 120 valence electrons. The molecule has 1 amide bonds. The van der Waals surface area contributed by atoms with Gasteiger partial charge in [-0.05, 0) is 30.3 Å². The molecule has 0 aliphatic heterocycles. The maximum absolute atomic E-state index is 12.6. The fourth-order valence-corrected chi connectivity index (χ4v) is 2.51. The molecular weight excluding hydrogens is 328 g/mol. The van der Waals surface area contributed by atoms with Crippen LogP contribution in [0.25, 0.3) is 10.9 Å². The lowest BCUT2D eigenvalue weighted by Gasteiger charge is -2.10. The maximum Gasteiger partial charge on any atom is 0.337 e. The van der Waals surface area contributed by atoms with E-state index >= 15 is 0 Å². The molecular formula is C18H13ClN2O3. The Kier molecular flexibility index (Phi) is 4.44. The van der Waals surface area contributed by atoms with Crippen molar-refractivity contribution in [2.75, 3.05) is 12.4 Å². The Hall–Kier alpha value is -2.92. The van der Waals surface area contributed by atoms with E-state index < -0.39 is 5.97 Å². The summed E-state index contributed by atoms with van der Waals surface area (Å²) >= 11 is 6.11. The van der Waals surface area contributed by atoms with Crippen LogP contribution in [0, 0.1) is 0 Å². The van der Waals surface area contributed by atoms with Crippen LogP contribution in [0.3, 0.4) is 0 Å². The van der Waals surface area contributed by atoms with Gasteiger partial charge in [-0.3, -0.25) is 9.78 Å². The number of hydrogen-bond donors (Lipinski definition) is 1. The van der Waals surface area contributed by atoms with E-state index in [-0.39, 0.29) is 5.91 Å². The second-order valence-corrected chi connectivity index (χ2v) is 5.42. The molecule has 0 spiro atoms. The first-order valence-corrected chi connectivity index (χ1v) is 7.51. The van der Waals surface area contributed by atoms with Gasteiger partial charge in [-0.15, -0.1) is 0 Å². The second-order valence-electron chi connectivity index (χ2n) is 5.02. The Morgan fingerprint density at radius 2 is 1.92 bits per heavy atom. The zero-order chi connectivity index (χ0) is 17.1. The van der Waals surface area contributed by atoms with Crippen LogP contribution in [0.15, 0.2) is 54.7 Å². The van der Waals surface area contributed by atoms with Crippen LogP contribution in [0.5, 0.6) is 0 Å². The molecule has 1 aromatic heterocycles. The Morgan fingerprint density at radius 3 is 2.71 bits per heavy atom. The summed E-state index contributed by atoms with van der Waals surface area (Å²) in [5.41, 5.74) is 1.84. The number of fused-ring (bicyclic) bond motifs is 1. The van der Waals surface area contributed by atoms with Crippen molar-refractivity contribution in [3.63, 3.8) is 0 Å². The zero-order valence-electron chi connectivity index (χ0n) is 12.7. The van der Waals surface area contributed by atoms with Gasteiger partial charge in [0.1, 0.15) is 0 Å². The summed E-state index contributed by atoms with van der Waals surface area (Å²) in [5, 5.41) is 3.79. The van der Waals surface area contributed by atoms with Gasteiger partial charge in [0.25, 0.3) is 5.91 Å². The third-order valence-electron chi connectivity index (χ3n) is 3.53. The molecule has 0 saturated carbocycles. The third kappa shape index (κ3) is 3.07. The standard InChI is InChI=1S/C18H13ClN2O3/c1-24-18(23)11-6-7-14(19)16(10-11)21-17(22)13-8-9-20-15-5-3-2-4-12(13)15/h2-10H,1H3,(H,21,22). The van der Waals surface area contributed by atoms with Crippen LogP contribution >= 0.6 is 11.6 Å². The highest BCUT2D eigenvalue weighted by atomic mass is 35.5. The van der Waals surface area contributed by atoms with Crippen LogP contribution in [-0.4, -0.2) is 24.0 Å². The van der Waals surface area contributed by atoms with Crippen molar-refractivity contribution in [2.45, 2.75) is 0 Å². The number of esters is 1. The fourth-order valence-electron chi connectivity index (χ4n) is 2.35. The summed E-state index contributed by atoms with van der Waals surface area (Å²) in [5.74, 6) is -0.839. The average Bonchev–Trinajstić information content (AvgIpc) is 2.62. The number of para-hydroxylation sites is 1. The van der Waals surface area contributed by atoms with Gasteiger partial charge in [-0.2, -0.15) is 0 Å². The molecule has 6 heteroatoms. The lowest BCUT2D eigenvalue weighted by molar-refractivity contribution is 0.0600. The van der Waals surface area contributed by atoms with Gasteiger partial charge in [-0.25, -0.2) is 4.79 Å². The number of carbonyl (C=O) groups is 2. The van der Waals surface area contributed by atoms with E-state index in [0.29, 0.717) is 21.8 Å². The number of pyridine rings is 1. The summed E-state index contributed by atoms with van der Waals surface area (Å²) in [6.45, 7) is 0. The molecule has 0 aliphatic rings. The highest BCUT2D eigenvalue weighted by Gasteiger charge is 2.14. The van der Waals surface area contributed by atoms with E-state index in [4.69, 9.17) is 11.6 Å². The third-order valence-corrected chi connectivity index (χ3v) is 3.86. The summed E-state index contributed by atoms with van der Waals surface area (Å²) in [6.07, 6.45) is 1.57. The van der Waals surface area contributed by atoms with E-state index in [1.807, 2.05) is 24.3 Å². The van der Waals surface area contributed by atoms with Crippen molar-refractivity contribution in [3.05, 3.63) is 70.9 Å². The average molecular weight is 341 g/mol. The van der Waals surface area contributed by atoms with Gasteiger partial charge in [-0.1, -0.05) is 29.8 Å². The Bertz CT molecular complexity index is 935. The van der Waals surface area contributed by atoms with Crippen molar-refractivity contribution in [1.29, 1.82) is 0 Å². The van der Waals surface area contributed by atoms with Crippen molar-refractivity contribution < 1.29 is 14.3 Å². The lowest BCUT2D eigenvalue weighted by Crippen LogP contribution is -2.13. The number of ether oxygens (including phenoxy) is 1. The van der Waals surface area contributed by atoms with E-state index in [2.05, 4.69) is 15.0 Å². The van der Waals surface area contributed by atoms with Crippen LogP contribution < -0.4 is 5.32 Å². The summed E-state index contributed by atoms with van der Waals surface area (Å²) in [4.78, 5) is 28.5. The zero-order valence-corrected chi connectivity index (χ0v) is 13.5. The number of hydrogen-bond acceptors (Lipinski definition) is 4. The Morgan fingerprint density at radius 1 is 1.12 bits per heavy atom. The molecule has 0 aliphatic carbocycles.